The van der Waals surface area contributed by atoms with Crippen molar-refractivity contribution in [1.82, 2.24) is 14.3 Å². The average Bonchev–Trinajstić information content (AvgIpc) is 3.34. The number of aryl methyl sites for hydroxylation is 1. The fraction of sp³-hybridized carbons (Fsp3) is 0.667. The van der Waals surface area contributed by atoms with Crippen molar-refractivity contribution in [2.24, 2.45) is 11.8 Å². The predicted molar refractivity (Wildman–Crippen MR) is 125 cm³/mol. The van der Waals surface area contributed by atoms with Crippen LogP contribution in [-0.4, -0.2) is 66.5 Å². The molecule has 2 fully saturated rings. The molecule has 1 aromatic carbocycles. The molecule has 3 amide bonds. The number of benzene rings is 1. The summed E-state index contributed by atoms with van der Waals surface area (Å²) in [5.41, 5.74) is 0.952. The molecule has 0 unspecified atom stereocenters. The lowest BCUT2D eigenvalue weighted by Crippen LogP contribution is -2.49. The maximum absolute atomic E-state index is 13.2. The highest BCUT2D eigenvalue weighted by Crippen LogP contribution is 2.31. The summed E-state index contributed by atoms with van der Waals surface area (Å²) in [4.78, 5) is 27.5. The van der Waals surface area contributed by atoms with Crippen LogP contribution in [0.3, 0.4) is 0 Å². The molecule has 8 nitrogen and oxygen atoms in total. The summed E-state index contributed by atoms with van der Waals surface area (Å²) in [6.45, 7) is 2.81. The van der Waals surface area contributed by atoms with Gasteiger partial charge in [0.15, 0.2) is 0 Å². The summed E-state index contributed by atoms with van der Waals surface area (Å²) in [6.07, 6.45) is 8.47. The maximum atomic E-state index is 13.2. The number of piperidine rings is 1. The van der Waals surface area contributed by atoms with Crippen molar-refractivity contribution < 1.29 is 23.2 Å². The fourth-order valence-electron chi connectivity index (χ4n) is 4.81. The van der Waals surface area contributed by atoms with E-state index in [-0.39, 0.29) is 16.5 Å². The molecule has 0 bridgehead atoms. The first-order valence-electron chi connectivity index (χ1n) is 12.0. The normalized spacial score (nSPS) is 18.5. The van der Waals surface area contributed by atoms with Crippen LogP contribution in [-0.2, 0) is 14.8 Å². The second-order valence-corrected chi connectivity index (χ2v) is 11.5. The molecule has 184 valence electrons. The minimum atomic E-state index is -3.80. The standard InChI is InChI=1S/C24H37N3O5S/c1-19-10-14-22(15-11-19)33(31,32)25(2)18-21(13-12-20-8-4-5-9-20)23(28)27(30)24(29)26-16-6-3-7-17-26/h10-11,14-15,20-21,30H,3-9,12-13,16-18H2,1-2H3/t21-/m0/s1. The highest BCUT2D eigenvalue weighted by molar-refractivity contribution is 7.89. The highest BCUT2D eigenvalue weighted by atomic mass is 32.2. The summed E-state index contributed by atoms with van der Waals surface area (Å²) >= 11 is 0. The topological polar surface area (TPSA) is 98.2 Å². The smallest absolute Gasteiger partial charge is 0.322 e. The Morgan fingerprint density at radius 3 is 2.27 bits per heavy atom. The molecule has 0 spiro atoms. The first-order chi connectivity index (χ1) is 15.7. The van der Waals surface area contributed by atoms with Gasteiger partial charge < -0.3 is 4.90 Å². The van der Waals surface area contributed by atoms with Gasteiger partial charge in [-0.05, 0) is 57.1 Å². The van der Waals surface area contributed by atoms with Gasteiger partial charge in [0.1, 0.15) is 0 Å². The number of imide groups is 1. The lowest BCUT2D eigenvalue weighted by Gasteiger charge is -2.31. The van der Waals surface area contributed by atoms with Gasteiger partial charge in [-0.1, -0.05) is 43.4 Å². The van der Waals surface area contributed by atoms with Gasteiger partial charge >= 0.3 is 6.03 Å². The molecule has 1 aliphatic carbocycles. The van der Waals surface area contributed by atoms with Crippen molar-refractivity contribution in [3.63, 3.8) is 0 Å². The third kappa shape index (κ3) is 6.55. The summed E-state index contributed by atoms with van der Waals surface area (Å²) in [7, 11) is -2.36. The van der Waals surface area contributed by atoms with Gasteiger partial charge in [-0.25, -0.2) is 17.5 Å². The van der Waals surface area contributed by atoms with Crippen molar-refractivity contribution in [3.8, 4) is 0 Å². The number of carbonyl (C=O) groups excluding carboxylic acids is 2. The Morgan fingerprint density at radius 2 is 1.67 bits per heavy atom. The van der Waals surface area contributed by atoms with Crippen LogP contribution < -0.4 is 0 Å². The van der Waals surface area contributed by atoms with E-state index in [0.717, 1.165) is 48.4 Å². The third-order valence-corrected chi connectivity index (χ3v) is 8.81. The molecular weight excluding hydrogens is 442 g/mol. The monoisotopic (exact) mass is 479 g/mol. The summed E-state index contributed by atoms with van der Waals surface area (Å²) in [5, 5.41) is 10.7. The quantitative estimate of drug-likeness (QED) is 0.448. The molecule has 1 saturated carbocycles. The van der Waals surface area contributed by atoms with Gasteiger partial charge in [0.25, 0.3) is 5.91 Å². The molecule has 1 heterocycles. The fourth-order valence-corrected chi connectivity index (χ4v) is 6.03. The van der Waals surface area contributed by atoms with Gasteiger partial charge in [-0.2, -0.15) is 0 Å². The van der Waals surface area contributed by atoms with Gasteiger partial charge in [-0.15, -0.1) is 5.06 Å². The van der Waals surface area contributed by atoms with Crippen LogP contribution in [0.4, 0.5) is 4.79 Å². The van der Waals surface area contributed by atoms with Crippen molar-refractivity contribution in [2.75, 3.05) is 26.7 Å². The van der Waals surface area contributed by atoms with Crippen LogP contribution >= 0.6 is 0 Å². The van der Waals surface area contributed by atoms with Crippen molar-refractivity contribution in [1.29, 1.82) is 0 Å². The number of urea groups is 1. The van der Waals surface area contributed by atoms with Crippen molar-refractivity contribution in [2.45, 2.75) is 69.6 Å². The van der Waals surface area contributed by atoms with Crippen LogP contribution in [0.25, 0.3) is 0 Å². The summed E-state index contributed by atoms with van der Waals surface area (Å²) in [5.74, 6) is -1.02. The highest BCUT2D eigenvalue weighted by Gasteiger charge is 2.35. The number of sulfonamides is 1. The molecule has 0 radical (unpaired) electrons. The third-order valence-electron chi connectivity index (χ3n) is 6.97. The zero-order valence-electron chi connectivity index (χ0n) is 19.8. The Balaban J connectivity index is 1.73. The van der Waals surface area contributed by atoms with Crippen molar-refractivity contribution >= 4 is 22.0 Å². The van der Waals surface area contributed by atoms with Crippen LogP contribution in [0.5, 0.6) is 0 Å². The molecule has 2 aliphatic rings. The Bertz CT molecular complexity index is 907. The second kappa shape index (κ2) is 11.4. The largest absolute Gasteiger partial charge is 0.351 e. The summed E-state index contributed by atoms with van der Waals surface area (Å²) in [6, 6.07) is 5.85. The Morgan fingerprint density at radius 1 is 1.06 bits per heavy atom. The Kier molecular flexibility index (Phi) is 8.89. The number of nitrogens with zero attached hydrogens (tertiary/aromatic N) is 3. The van der Waals surface area contributed by atoms with E-state index in [9.17, 15) is 23.2 Å². The zero-order valence-corrected chi connectivity index (χ0v) is 20.6. The first-order valence-corrected chi connectivity index (χ1v) is 13.5. The zero-order chi connectivity index (χ0) is 24.0. The molecule has 1 aliphatic heterocycles. The lowest BCUT2D eigenvalue weighted by molar-refractivity contribution is -0.160. The van der Waals surface area contributed by atoms with E-state index >= 15 is 0 Å². The van der Waals surface area contributed by atoms with E-state index in [0.29, 0.717) is 25.4 Å². The van der Waals surface area contributed by atoms with Crippen molar-refractivity contribution in [3.05, 3.63) is 29.8 Å². The maximum Gasteiger partial charge on any atom is 0.351 e. The Hall–Kier alpha value is -1.97. The van der Waals surface area contributed by atoms with E-state index in [1.54, 1.807) is 24.3 Å². The number of carbonyl (C=O) groups is 2. The van der Waals surface area contributed by atoms with E-state index in [2.05, 4.69) is 0 Å². The number of hydroxylamine groups is 2. The minimum Gasteiger partial charge on any atom is -0.322 e. The molecule has 0 aromatic heterocycles. The van der Waals surface area contributed by atoms with Gasteiger partial charge in [0.05, 0.1) is 10.8 Å². The van der Waals surface area contributed by atoms with Crippen LogP contribution in [0.1, 0.15) is 63.4 Å². The molecular formula is C24H37N3O5S. The molecule has 1 atom stereocenters. The number of rotatable bonds is 8. The van der Waals surface area contributed by atoms with Gasteiger partial charge in [-0.3, -0.25) is 10.0 Å². The number of hydrogen-bond donors (Lipinski definition) is 1. The molecule has 3 rings (SSSR count). The Labute approximate surface area is 197 Å². The molecule has 1 N–H and O–H groups in total. The summed E-state index contributed by atoms with van der Waals surface area (Å²) < 4.78 is 27.3. The number of likely N-dealkylation sites (tertiary alicyclic amines) is 1. The average molecular weight is 480 g/mol. The minimum absolute atomic E-state index is 0.0912. The second-order valence-electron chi connectivity index (χ2n) is 9.50. The predicted octanol–water partition coefficient (Wildman–Crippen LogP) is 4.03. The van der Waals surface area contributed by atoms with Crippen LogP contribution in [0.2, 0.25) is 0 Å². The number of amides is 3. The van der Waals surface area contributed by atoms with Crippen LogP contribution in [0, 0.1) is 18.8 Å². The molecule has 1 aromatic rings. The lowest BCUT2D eigenvalue weighted by atomic mass is 9.94. The van der Waals surface area contributed by atoms with Gasteiger partial charge in [0, 0.05) is 26.7 Å². The number of hydrogen-bond acceptors (Lipinski definition) is 5. The molecule has 33 heavy (non-hydrogen) atoms. The van der Waals surface area contributed by atoms with Crippen LogP contribution in [0.15, 0.2) is 29.2 Å². The van der Waals surface area contributed by atoms with E-state index in [4.69, 9.17) is 0 Å². The van der Waals surface area contributed by atoms with E-state index in [1.807, 2.05) is 6.92 Å². The SMILES string of the molecule is Cc1ccc(S(=O)(=O)N(C)C[C@H](CCC2CCCC2)C(=O)N(O)C(=O)N2CCCCC2)cc1. The molecule has 9 heteroatoms. The molecule has 1 saturated heterocycles. The van der Waals surface area contributed by atoms with E-state index < -0.39 is 27.9 Å². The van der Waals surface area contributed by atoms with E-state index in [1.165, 1.54) is 24.8 Å². The van der Waals surface area contributed by atoms with Gasteiger partial charge in [0.2, 0.25) is 10.0 Å². The first kappa shape index (κ1) is 25.6.